The number of aryl methyl sites for hydroxylation is 1. The summed E-state index contributed by atoms with van der Waals surface area (Å²) >= 11 is 0. The van der Waals surface area contributed by atoms with Crippen molar-refractivity contribution in [2.75, 3.05) is 13.2 Å². The fourth-order valence-corrected chi connectivity index (χ4v) is 2.88. The fraction of sp³-hybridized carbons (Fsp3) is 0.316. The highest BCUT2D eigenvalue weighted by Gasteiger charge is 2.19. The van der Waals surface area contributed by atoms with E-state index in [1.165, 1.54) is 10.6 Å². The molecule has 0 bridgehead atoms. The number of hydrogen-bond donors (Lipinski definition) is 0. The molecule has 4 rings (SSSR count). The summed E-state index contributed by atoms with van der Waals surface area (Å²) in [7, 11) is 1.68. The van der Waals surface area contributed by atoms with E-state index < -0.39 is 0 Å². The Kier molecular flexibility index (Phi) is 4.53. The first-order chi connectivity index (χ1) is 12.7. The molecule has 1 aromatic carbocycles. The van der Waals surface area contributed by atoms with Gasteiger partial charge in [-0.05, 0) is 12.1 Å². The van der Waals surface area contributed by atoms with Crippen molar-refractivity contribution in [1.82, 2.24) is 14.8 Å². The Morgan fingerprint density at radius 1 is 1.23 bits per heavy atom. The molecule has 0 amide bonds. The molecule has 0 N–H and O–H groups in total. The minimum Gasteiger partial charge on any atom is -0.488 e. The van der Waals surface area contributed by atoms with Gasteiger partial charge in [0.15, 0.2) is 0 Å². The number of para-hydroxylation sites is 1. The van der Waals surface area contributed by atoms with Crippen LogP contribution in [0.3, 0.4) is 0 Å². The predicted molar refractivity (Wildman–Crippen MR) is 94.1 cm³/mol. The number of pyridine rings is 1. The molecule has 1 aliphatic heterocycles. The maximum Gasteiger partial charge on any atom is 0.250 e. The van der Waals surface area contributed by atoms with E-state index in [0.717, 1.165) is 24.3 Å². The molecule has 26 heavy (non-hydrogen) atoms. The second kappa shape index (κ2) is 7.13. The second-order valence-corrected chi connectivity index (χ2v) is 6.26. The average Bonchev–Trinajstić information content (AvgIpc) is 3.31. The average molecular weight is 353 g/mol. The van der Waals surface area contributed by atoms with Crippen LogP contribution in [0.15, 0.2) is 51.8 Å². The molecule has 1 unspecified atom stereocenters. The van der Waals surface area contributed by atoms with Crippen LogP contribution in [-0.2, 0) is 18.2 Å². The molecule has 1 aliphatic rings. The topological polar surface area (TPSA) is 79.4 Å². The quantitative estimate of drug-likeness (QED) is 0.700. The SMILES string of the molecule is Cn1cc(-c2nnc(Cc3ccccc3OC3CCOC3)o2)ccc1=O. The van der Waals surface area contributed by atoms with Gasteiger partial charge in [-0.2, -0.15) is 0 Å². The lowest BCUT2D eigenvalue weighted by Crippen LogP contribution is -2.16. The first-order valence-electron chi connectivity index (χ1n) is 8.51. The highest BCUT2D eigenvalue weighted by molar-refractivity contribution is 5.50. The Morgan fingerprint density at radius 3 is 2.92 bits per heavy atom. The zero-order valence-electron chi connectivity index (χ0n) is 14.4. The Morgan fingerprint density at radius 2 is 2.12 bits per heavy atom. The van der Waals surface area contributed by atoms with Gasteiger partial charge in [-0.1, -0.05) is 18.2 Å². The summed E-state index contributed by atoms with van der Waals surface area (Å²) in [5, 5.41) is 8.22. The monoisotopic (exact) mass is 353 g/mol. The molecule has 3 heterocycles. The zero-order chi connectivity index (χ0) is 17.9. The largest absolute Gasteiger partial charge is 0.488 e. The Hall–Kier alpha value is -2.93. The number of nitrogens with zero attached hydrogens (tertiary/aromatic N) is 3. The van der Waals surface area contributed by atoms with E-state index in [1.807, 2.05) is 24.3 Å². The molecule has 7 heteroatoms. The van der Waals surface area contributed by atoms with E-state index in [0.29, 0.717) is 30.4 Å². The number of hydrogen-bond acceptors (Lipinski definition) is 6. The van der Waals surface area contributed by atoms with Gasteiger partial charge in [-0.15, -0.1) is 10.2 Å². The lowest BCUT2D eigenvalue weighted by atomic mass is 10.1. The molecule has 0 saturated carbocycles. The van der Waals surface area contributed by atoms with Crippen molar-refractivity contribution in [2.24, 2.45) is 7.05 Å². The van der Waals surface area contributed by atoms with Crippen molar-refractivity contribution in [2.45, 2.75) is 18.9 Å². The normalized spacial score (nSPS) is 16.7. The van der Waals surface area contributed by atoms with Gasteiger partial charge >= 0.3 is 0 Å². The maximum absolute atomic E-state index is 11.5. The van der Waals surface area contributed by atoms with E-state index in [1.54, 1.807) is 19.3 Å². The van der Waals surface area contributed by atoms with E-state index in [4.69, 9.17) is 13.9 Å². The van der Waals surface area contributed by atoms with Crippen molar-refractivity contribution in [3.8, 4) is 17.2 Å². The Balaban J connectivity index is 1.54. The first kappa shape index (κ1) is 16.5. The van der Waals surface area contributed by atoms with Gasteiger partial charge in [0.05, 0.1) is 25.2 Å². The van der Waals surface area contributed by atoms with Crippen LogP contribution in [-0.4, -0.2) is 34.1 Å². The number of benzene rings is 1. The molecule has 1 atom stereocenters. The molecule has 7 nitrogen and oxygen atoms in total. The lowest BCUT2D eigenvalue weighted by Gasteiger charge is -2.14. The number of ether oxygens (including phenoxy) is 2. The van der Waals surface area contributed by atoms with Gasteiger partial charge in [0.25, 0.3) is 0 Å². The first-order valence-corrected chi connectivity index (χ1v) is 8.51. The fourth-order valence-electron chi connectivity index (χ4n) is 2.88. The molecule has 3 aromatic rings. The van der Waals surface area contributed by atoms with Crippen molar-refractivity contribution < 1.29 is 13.9 Å². The third-order valence-electron chi connectivity index (χ3n) is 4.30. The summed E-state index contributed by atoms with van der Waals surface area (Å²) in [4.78, 5) is 11.5. The standard InChI is InChI=1S/C19H19N3O4/c1-22-11-14(6-7-18(22)23)19-21-20-17(26-19)10-13-4-2-3-5-16(13)25-15-8-9-24-12-15/h2-7,11,15H,8-10,12H2,1H3. The van der Waals surface area contributed by atoms with Crippen LogP contribution in [0.25, 0.3) is 11.5 Å². The maximum atomic E-state index is 11.5. The highest BCUT2D eigenvalue weighted by Crippen LogP contribution is 2.25. The zero-order valence-corrected chi connectivity index (χ0v) is 14.4. The van der Waals surface area contributed by atoms with E-state index in [2.05, 4.69) is 10.2 Å². The van der Waals surface area contributed by atoms with Gasteiger partial charge in [0.2, 0.25) is 17.3 Å². The summed E-state index contributed by atoms with van der Waals surface area (Å²) in [6.45, 7) is 1.35. The molecular weight excluding hydrogens is 334 g/mol. The second-order valence-electron chi connectivity index (χ2n) is 6.26. The van der Waals surface area contributed by atoms with Crippen LogP contribution in [0.4, 0.5) is 0 Å². The van der Waals surface area contributed by atoms with Crippen LogP contribution >= 0.6 is 0 Å². The third kappa shape index (κ3) is 3.52. The summed E-state index contributed by atoms with van der Waals surface area (Å²) < 4.78 is 18.7. The molecule has 2 aromatic heterocycles. The molecule has 134 valence electrons. The van der Waals surface area contributed by atoms with Crippen LogP contribution in [0, 0.1) is 0 Å². The van der Waals surface area contributed by atoms with Crippen molar-refractivity contribution >= 4 is 0 Å². The van der Waals surface area contributed by atoms with E-state index in [-0.39, 0.29) is 11.7 Å². The number of rotatable bonds is 5. The molecule has 1 fully saturated rings. The predicted octanol–water partition coefficient (Wildman–Crippen LogP) is 2.19. The molecule has 0 aliphatic carbocycles. The van der Waals surface area contributed by atoms with Crippen molar-refractivity contribution in [3.63, 3.8) is 0 Å². The Labute approximate surface area is 150 Å². The van der Waals surface area contributed by atoms with Crippen molar-refractivity contribution in [3.05, 3.63) is 64.4 Å². The lowest BCUT2D eigenvalue weighted by molar-refractivity contribution is 0.140. The summed E-state index contributed by atoms with van der Waals surface area (Å²) in [5.74, 6) is 1.69. The van der Waals surface area contributed by atoms with E-state index in [9.17, 15) is 4.79 Å². The minimum atomic E-state index is -0.0875. The highest BCUT2D eigenvalue weighted by atomic mass is 16.5. The van der Waals surface area contributed by atoms with E-state index >= 15 is 0 Å². The minimum absolute atomic E-state index is 0.0833. The van der Waals surface area contributed by atoms with Crippen LogP contribution in [0.1, 0.15) is 17.9 Å². The molecule has 1 saturated heterocycles. The molecule has 0 radical (unpaired) electrons. The summed E-state index contributed by atoms with van der Waals surface area (Å²) in [5.41, 5.74) is 1.60. The van der Waals surface area contributed by atoms with Gasteiger partial charge in [-0.3, -0.25) is 4.79 Å². The van der Waals surface area contributed by atoms with Gasteiger partial charge in [-0.25, -0.2) is 0 Å². The van der Waals surface area contributed by atoms with Crippen LogP contribution < -0.4 is 10.3 Å². The smallest absolute Gasteiger partial charge is 0.250 e. The van der Waals surface area contributed by atoms with Gasteiger partial charge < -0.3 is 18.5 Å². The van der Waals surface area contributed by atoms with Crippen LogP contribution in [0.5, 0.6) is 5.75 Å². The third-order valence-corrected chi connectivity index (χ3v) is 4.30. The molecular formula is C19H19N3O4. The van der Waals surface area contributed by atoms with Crippen molar-refractivity contribution in [1.29, 1.82) is 0 Å². The molecule has 0 spiro atoms. The Bertz CT molecular complexity index is 957. The van der Waals surface area contributed by atoms with Crippen LogP contribution in [0.2, 0.25) is 0 Å². The number of aromatic nitrogens is 3. The summed E-state index contributed by atoms with van der Waals surface area (Å²) in [6.07, 6.45) is 3.13. The van der Waals surface area contributed by atoms with Gasteiger partial charge in [0.1, 0.15) is 11.9 Å². The summed E-state index contributed by atoms with van der Waals surface area (Å²) in [6, 6.07) is 11.0. The van der Waals surface area contributed by atoms with Gasteiger partial charge in [0, 0.05) is 31.3 Å².